The van der Waals surface area contributed by atoms with Gasteiger partial charge in [-0.05, 0) is 6.92 Å². The van der Waals surface area contributed by atoms with E-state index in [1.54, 1.807) is 0 Å². The molecule has 0 aliphatic heterocycles. The van der Waals surface area contributed by atoms with Gasteiger partial charge in [-0.25, -0.2) is 0 Å². The van der Waals surface area contributed by atoms with Crippen LogP contribution in [0.3, 0.4) is 0 Å². The van der Waals surface area contributed by atoms with Crippen LogP contribution in [0, 0.1) is 0 Å². The number of carbonyl (C=O) groups is 3. The van der Waals surface area contributed by atoms with Crippen LogP contribution in [0.2, 0.25) is 0 Å². The second-order valence-corrected chi connectivity index (χ2v) is 2.69. The van der Waals surface area contributed by atoms with Gasteiger partial charge in [0.25, 0.3) is 0 Å². The molecule has 86 valence electrons. The Morgan fingerprint density at radius 3 is 2.13 bits per heavy atom. The summed E-state index contributed by atoms with van der Waals surface area (Å²) in [6.07, 6.45) is -5.22. The Bertz CT molecular complexity index is 286. The Morgan fingerprint density at radius 1 is 1.33 bits per heavy atom. The summed E-state index contributed by atoms with van der Waals surface area (Å²) in [6, 6.07) is -1.20. The first kappa shape index (κ1) is 13.6. The summed E-state index contributed by atoms with van der Waals surface area (Å²) in [4.78, 5) is 31.1. The van der Waals surface area contributed by atoms with Crippen LogP contribution < -0.4 is 5.32 Å². The topological polar surface area (TPSA) is 83.5 Å². The minimum atomic E-state index is -5.22. The number of alkyl halides is 3. The fourth-order valence-corrected chi connectivity index (χ4v) is 0.571. The first-order chi connectivity index (χ1) is 6.66. The highest BCUT2D eigenvalue weighted by Gasteiger charge is 2.42. The Hall–Kier alpha value is -1.44. The number of hydrogen-bond acceptors (Lipinski definition) is 4. The number of Topliss-reactive ketones (excluding diaryl/α,β-unsaturated/α-hetero) is 2. The van der Waals surface area contributed by atoms with Crippen LogP contribution in [0.15, 0.2) is 0 Å². The molecule has 8 heteroatoms. The summed E-state index contributed by atoms with van der Waals surface area (Å²) >= 11 is 0. The molecule has 0 rings (SSSR count). The quantitative estimate of drug-likeness (QED) is 0.633. The normalized spacial score (nSPS) is 13.3. The molecule has 0 saturated heterocycles. The highest BCUT2D eigenvalue weighted by atomic mass is 19.4. The second-order valence-electron chi connectivity index (χ2n) is 2.69. The van der Waals surface area contributed by atoms with E-state index in [-0.39, 0.29) is 0 Å². The van der Waals surface area contributed by atoms with Gasteiger partial charge in [-0.15, -0.1) is 0 Å². The van der Waals surface area contributed by atoms with Crippen molar-refractivity contribution in [2.45, 2.75) is 19.1 Å². The number of hydrogen-bond donors (Lipinski definition) is 2. The zero-order valence-electron chi connectivity index (χ0n) is 7.59. The van der Waals surface area contributed by atoms with Gasteiger partial charge in [0.15, 0.2) is 0 Å². The van der Waals surface area contributed by atoms with E-state index in [0.717, 1.165) is 6.92 Å². The molecular weight excluding hydrogens is 219 g/mol. The van der Waals surface area contributed by atoms with E-state index in [2.05, 4.69) is 0 Å². The molecule has 0 radical (unpaired) electrons. The van der Waals surface area contributed by atoms with Crippen LogP contribution in [0.4, 0.5) is 13.2 Å². The average molecular weight is 227 g/mol. The lowest BCUT2D eigenvalue weighted by Gasteiger charge is -2.08. The largest absolute Gasteiger partial charge is 0.480 e. The van der Waals surface area contributed by atoms with Gasteiger partial charge in [-0.3, -0.25) is 19.7 Å². The Kier molecular flexibility index (Phi) is 4.40. The van der Waals surface area contributed by atoms with E-state index in [1.165, 1.54) is 0 Å². The summed E-state index contributed by atoms with van der Waals surface area (Å²) in [5.74, 6) is -5.54. The van der Waals surface area contributed by atoms with E-state index in [9.17, 15) is 27.6 Å². The maximum absolute atomic E-state index is 11.7. The molecule has 0 bridgehead atoms. The molecule has 0 amide bonds. The molecule has 0 heterocycles. The average Bonchev–Trinajstić information content (AvgIpc) is 2.10. The van der Waals surface area contributed by atoms with Crippen LogP contribution in [0.25, 0.3) is 0 Å². The summed E-state index contributed by atoms with van der Waals surface area (Å²) in [7, 11) is 0. The van der Waals surface area contributed by atoms with E-state index in [4.69, 9.17) is 5.11 Å². The van der Waals surface area contributed by atoms with Crippen molar-refractivity contribution in [3.05, 3.63) is 0 Å². The van der Waals surface area contributed by atoms with E-state index in [0.29, 0.717) is 0 Å². The Balaban J connectivity index is 4.17. The zero-order valence-corrected chi connectivity index (χ0v) is 7.59. The van der Waals surface area contributed by atoms with Crippen molar-refractivity contribution in [2.24, 2.45) is 0 Å². The third-order valence-corrected chi connectivity index (χ3v) is 1.45. The molecule has 15 heavy (non-hydrogen) atoms. The molecule has 0 aliphatic rings. The molecule has 1 atom stereocenters. The van der Waals surface area contributed by atoms with Crippen molar-refractivity contribution < 1.29 is 32.7 Å². The minimum Gasteiger partial charge on any atom is -0.480 e. The van der Waals surface area contributed by atoms with Gasteiger partial charge in [0.2, 0.25) is 5.78 Å². The molecule has 0 fully saturated rings. The van der Waals surface area contributed by atoms with Crippen LogP contribution in [-0.2, 0) is 14.4 Å². The molecule has 0 aromatic rings. The van der Waals surface area contributed by atoms with Crippen LogP contribution in [0.5, 0.6) is 0 Å². The smallest absolute Gasteiger partial charge is 0.458 e. The summed E-state index contributed by atoms with van der Waals surface area (Å²) in [5, 5.41) is 10.3. The molecule has 2 N–H and O–H groups in total. The van der Waals surface area contributed by atoms with Crippen LogP contribution in [0.1, 0.15) is 6.92 Å². The fraction of sp³-hybridized carbons (Fsp3) is 0.571. The van der Waals surface area contributed by atoms with Gasteiger partial charge in [0.1, 0.15) is 6.04 Å². The van der Waals surface area contributed by atoms with Gasteiger partial charge < -0.3 is 5.11 Å². The third kappa shape index (κ3) is 4.54. The maximum atomic E-state index is 11.7. The van der Waals surface area contributed by atoms with Gasteiger partial charge in [-0.2, -0.15) is 13.2 Å². The highest BCUT2D eigenvalue weighted by molar-refractivity contribution is 6.40. The van der Waals surface area contributed by atoms with Crippen molar-refractivity contribution in [1.82, 2.24) is 5.32 Å². The van der Waals surface area contributed by atoms with Crippen LogP contribution >= 0.6 is 0 Å². The molecule has 5 nitrogen and oxygen atoms in total. The molecular formula is C7H8F3NO4. The van der Waals surface area contributed by atoms with E-state index < -0.39 is 36.3 Å². The number of nitrogens with one attached hydrogen (secondary N) is 1. The highest BCUT2D eigenvalue weighted by Crippen LogP contribution is 2.15. The lowest BCUT2D eigenvalue weighted by atomic mass is 10.2. The number of halogens is 3. The van der Waals surface area contributed by atoms with Crippen molar-refractivity contribution >= 4 is 17.5 Å². The first-order valence-corrected chi connectivity index (χ1v) is 3.76. The molecule has 0 saturated carbocycles. The Labute approximate surface area is 82.3 Å². The van der Waals surface area contributed by atoms with E-state index >= 15 is 0 Å². The van der Waals surface area contributed by atoms with Gasteiger partial charge >= 0.3 is 17.9 Å². The maximum Gasteiger partial charge on any atom is 0.458 e. The molecule has 0 aromatic heterocycles. The lowest BCUT2D eigenvalue weighted by molar-refractivity contribution is -0.174. The zero-order chi connectivity index (χ0) is 12.2. The van der Waals surface area contributed by atoms with Crippen molar-refractivity contribution in [2.75, 3.05) is 6.54 Å². The summed E-state index contributed by atoms with van der Waals surface area (Å²) in [5.41, 5.74) is 0. The summed E-state index contributed by atoms with van der Waals surface area (Å²) in [6.45, 7) is 0.180. The molecule has 0 aliphatic carbocycles. The first-order valence-electron chi connectivity index (χ1n) is 3.76. The standard InChI is InChI=1S/C7H8F3NO4/c1-3(6(14)15)11-2-4(12)5(13)7(8,9)10/h3,11H,2H2,1H3,(H,14,15). The number of rotatable bonds is 5. The summed E-state index contributed by atoms with van der Waals surface area (Å²) < 4.78 is 35.0. The molecule has 0 spiro atoms. The minimum absolute atomic E-state index is 0.953. The SMILES string of the molecule is CC(NCC(=O)C(=O)C(F)(F)F)C(=O)O. The predicted octanol–water partition coefficient (Wildman–Crippen LogP) is -0.250. The second kappa shape index (κ2) is 4.87. The van der Waals surface area contributed by atoms with Gasteiger partial charge in [0, 0.05) is 0 Å². The van der Waals surface area contributed by atoms with Gasteiger partial charge in [0.05, 0.1) is 6.54 Å². The van der Waals surface area contributed by atoms with E-state index in [1.807, 2.05) is 5.32 Å². The molecule has 1 unspecified atom stereocenters. The lowest BCUT2D eigenvalue weighted by Crippen LogP contribution is -2.42. The monoisotopic (exact) mass is 227 g/mol. The molecule has 0 aromatic carbocycles. The van der Waals surface area contributed by atoms with Crippen LogP contribution in [-0.4, -0.2) is 41.4 Å². The number of carbonyl (C=O) groups excluding carboxylic acids is 2. The van der Waals surface area contributed by atoms with Crippen molar-refractivity contribution in [1.29, 1.82) is 0 Å². The number of ketones is 2. The third-order valence-electron chi connectivity index (χ3n) is 1.45. The Morgan fingerprint density at radius 2 is 1.80 bits per heavy atom. The van der Waals surface area contributed by atoms with Gasteiger partial charge in [-0.1, -0.05) is 0 Å². The number of carboxylic acid groups (broad SMARTS) is 1. The predicted molar refractivity (Wildman–Crippen MR) is 41.2 cm³/mol. The number of aliphatic carboxylic acids is 1. The number of carboxylic acids is 1. The fourth-order valence-electron chi connectivity index (χ4n) is 0.571. The van der Waals surface area contributed by atoms with Crippen molar-refractivity contribution in [3.63, 3.8) is 0 Å². The van der Waals surface area contributed by atoms with Crippen molar-refractivity contribution in [3.8, 4) is 0 Å².